The number of alkyl halides is 3. The van der Waals surface area contributed by atoms with Gasteiger partial charge >= 0.3 is 6.36 Å². The van der Waals surface area contributed by atoms with Crippen LogP contribution in [0.15, 0.2) is 53.5 Å². The van der Waals surface area contributed by atoms with Gasteiger partial charge in [0.2, 0.25) is 5.69 Å². The quantitative estimate of drug-likeness (QED) is 0.530. The molecular formula is C20H20F3N2O+. The predicted molar refractivity (Wildman–Crippen MR) is 96.2 cm³/mol. The molecule has 0 amide bonds. The summed E-state index contributed by atoms with van der Waals surface area (Å²) in [6.07, 6.45) is -2.24. The van der Waals surface area contributed by atoms with E-state index in [1.165, 1.54) is 41.2 Å². The molecule has 1 heterocycles. The van der Waals surface area contributed by atoms with E-state index < -0.39 is 6.36 Å². The van der Waals surface area contributed by atoms with Crippen LogP contribution in [-0.2, 0) is 5.41 Å². The third kappa shape index (κ3) is 3.64. The first-order chi connectivity index (χ1) is 12.2. The summed E-state index contributed by atoms with van der Waals surface area (Å²) in [5, 5.41) is 0. The van der Waals surface area contributed by atoms with Crippen molar-refractivity contribution in [3.05, 3.63) is 54.1 Å². The van der Waals surface area contributed by atoms with Gasteiger partial charge in [-0.1, -0.05) is 18.2 Å². The predicted octanol–water partition coefficient (Wildman–Crippen LogP) is 5.38. The van der Waals surface area contributed by atoms with E-state index in [0.717, 1.165) is 0 Å². The summed E-state index contributed by atoms with van der Waals surface area (Å²) in [5.41, 5.74) is 4.17. The van der Waals surface area contributed by atoms with Gasteiger partial charge in [0.25, 0.3) is 0 Å². The van der Waals surface area contributed by atoms with Crippen molar-refractivity contribution in [2.45, 2.75) is 32.0 Å². The van der Waals surface area contributed by atoms with Crippen LogP contribution < -0.4 is 4.74 Å². The van der Waals surface area contributed by atoms with Gasteiger partial charge in [-0.2, -0.15) is 0 Å². The second kappa shape index (κ2) is 6.59. The van der Waals surface area contributed by atoms with Gasteiger partial charge in [-0.3, -0.25) is 4.99 Å². The Morgan fingerprint density at radius 1 is 1.08 bits per heavy atom. The van der Waals surface area contributed by atoms with Gasteiger partial charge in [0.15, 0.2) is 5.71 Å². The van der Waals surface area contributed by atoms with Gasteiger partial charge in [-0.15, -0.1) is 13.2 Å². The lowest BCUT2D eigenvalue weighted by atomic mass is 9.80. The van der Waals surface area contributed by atoms with E-state index in [0.29, 0.717) is 12.1 Å². The van der Waals surface area contributed by atoms with Crippen molar-refractivity contribution >= 4 is 23.3 Å². The number of hydrogen-bond acceptors (Lipinski definition) is 2. The smallest absolute Gasteiger partial charge is 0.406 e. The van der Waals surface area contributed by atoms with Crippen molar-refractivity contribution in [1.82, 2.24) is 0 Å². The van der Waals surface area contributed by atoms with Gasteiger partial charge < -0.3 is 4.74 Å². The zero-order chi connectivity index (χ0) is 18.9. The number of nitrogens with zero attached hydrogens (tertiary/aromatic N) is 2. The molecule has 0 aromatic heterocycles. The third-order valence-corrected chi connectivity index (χ3v) is 4.66. The summed E-state index contributed by atoms with van der Waals surface area (Å²) < 4.78 is 42.6. The highest BCUT2D eigenvalue weighted by Gasteiger charge is 2.43. The highest BCUT2D eigenvalue weighted by atomic mass is 19.4. The molecule has 0 saturated heterocycles. The Labute approximate surface area is 150 Å². The normalized spacial score (nSPS) is 16.2. The lowest BCUT2D eigenvalue weighted by Gasteiger charge is -2.16. The molecule has 2 aromatic carbocycles. The monoisotopic (exact) mass is 361 g/mol. The van der Waals surface area contributed by atoms with Gasteiger partial charge in [0, 0.05) is 17.8 Å². The summed E-state index contributed by atoms with van der Waals surface area (Å²) in [6, 6.07) is 13.8. The summed E-state index contributed by atoms with van der Waals surface area (Å²) in [5.74, 6) is -0.252. The van der Waals surface area contributed by atoms with Crippen molar-refractivity contribution in [3.63, 3.8) is 0 Å². The summed E-state index contributed by atoms with van der Waals surface area (Å²) in [4.78, 5) is 4.36. The summed E-state index contributed by atoms with van der Waals surface area (Å²) >= 11 is 0. The maximum absolute atomic E-state index is 12.2. The maximum Gasteiger partial charge on any atom is 0.573 e. The van der Waals surface area contributed by atoms with E-state index in [2.05, 4.69) is 40.3 Å². The van der Waals surface area contributed by atoms with E-state index in [1.807, 2.05) is 19.2 Å². The Hall–Kier alpha value is -2.63. The molecule has 0 aliphatic carbocycles. The van der Waals surface area contributed by atoms with Gasteiger partial charge in [0.05, 0.1) is 17.5 Å². The molecule has 0 bridgehead atoms. The molecule has 0 unspecified atom stereocenters. The Bertz CT molecular complexity index is 865. The van der Waals surface area contributed by atoms with Crippen LogP contribution in [0.5, 0.6) is 5.75 Å². The highest BCUT2D eigenvalue weighted by molar-refractivity contribution is 6.02. The zero-order valence-corrected chi connectivity index (χ0v) is 14.8. The highest BCUT2D eigenvalue weighted by Crippen LogP contribution is 2.39. The third-order valence-electron chi connectivity index (χ3n) is 4.66. The minimum atomic E-state index is -4.69. The first-order valence-corrected chi connectivity index (χ1v) is 8.26. The molecule has 1 aliphatic rings. The maximum atomic E-state index is 12.2. The van der Waals surface area contributed by atoms with Crippen LogP contribution >= 0.6 is 0 Å². The number of halogens is 3. The minimum Gasteiger partial charge on any atom is -0.406 e. The second-order valence-electron chi connectivity index (χ2n) is 6.71. The average molecular weight is 361 g/mol. The van der Waals surface area contributed by atoms with Crippen LogP contribution in [0.2, 0.25) is 0 Å². The lowest BCUT2D eigenvalue weighted by Crippen LogP contribution is -2.28. The number of hydrogen-bond donors (Lipinski definition) is 0. The van der Waals surface area contributed by atoms with Crippen LogP contribution in [-0.4, -0.2) is 29.9 Å². The molecule has 0 spiro atoms. The lowest BCUT2D eigenvalue weighted by molar-refractivity contribution is -0.403. The van der Waals surface area contributed by atoms with Crippen LogP contribution in [0.3, 0.4) is 0 Å². The average Bonchev–Trinajstić information content (AvgIpc) is 2.76. The molecule has 0 radical (unpaired) electrons. The van der Waals surface area contributed by atoms with Crippen molar-refractivity contribution < 1.29 is 22.5 Å². The van der Waals surface area contributed by atoms with Crippen LogP contribution in [0, 0.1) is 0 Å². The molecule has 6 heteroatoms. The first-order valence-electron chi connectivity index (χ1n) is 8.26. The van der Waals surface area contributed by atoms with Crippen LogP contribution in [0.25, 0.3) is 0 Å². The molecule has 2 aromatic rings. The number of para-hydroxylation sites is 1. The number of rotatable bonds is 4. The van der Waals surface area contributed by atoms with E-state index in [4.69, 9.17) is 0 Å². The Morgan fingerprint density at radius 2 is 1.73 bits per heavy atom. The molecule has 3 nitrogen and oxygen atoms in total. The zero-order valence-electron chi connectivity index (χ0n) is 14.8. The van der Waals surface area contributed by atoms with Crippen molar-refractivity contribution in [1.29, 1.82) is 0 Å². The number of fused-ring (bicyclic) bond motifs is 1. The van der Waals surface area contributed by atoms with Gasteiger partial charge in [0.1, 0.15) is 12.8 Å². The molecule has 26 heavy (non-hydrogen) atoms. The molecule has 1 aliphatic heterocycles. The fourth-order valence-electron chi connectivity index (χ4n) is 3.38. The first kappa shape index (κ1) is 18.2. The van der Waals surface area contributed by atoms with Crippen molar-refractivity contribution in [2.75, 3.05) is 7.05 Å². The standard InChI is InChI=1S/C20H20F3N2O/c1-19(2)16-6-4-5-7-17(16)25(3)18(19)12-13-24-14-8-10-15(11-9-14)26-20(21,22)23/h4-11,13H,12H2,1-3H3/q+1. The minimum absolute atomic E-state index is 0.0955. The summed E-state index contributed by atoms with van der Waals surface area (Å²) in [7, 11) is 2.04. The van der Waals surface area contributed by atoms with Crippen molar-refractivity contribution in [2.24, 2.45) is 4.99 Å². The largest absolute Gasteiger partial charge is 0.573 e. The molecular weight excluding hydrogens is 341 g/mol. The number of benzene rings is 2. The summed E-state index contributed by atoms with van der Waals surface area (Å²) in [6.45, 7) is 4.36. The molecule has 0 N–H and O–H groups in total. The van der Waals surface area contributed by atoms with Gasteiger partial charge in [-0.25, -0.2) is 4.58 Å². The SMILES string of the molecule is C[N+]1=C(CC=Nc2ccc(OC(F)(F)F)cc2)C(C)(C)c2ccccc21. The van der Waals surface area contributed by atoms with Crippen LogP contribution in [0.4, 0.5) is 24.5 Å². The Balaban J connectivity index is 1.72. The van der Waals surface area contributed by atoms with Crippen molar-refractivity contribution in [3.8, 4) is 5.75 Å². The van der Waals surface area contributed by atoms with E-state index in [9.17, 15) is 13.2 Å². The molecule has 0 saturated carbocycles. The molecule has 0 atom stereocenters. The molecule has 0 fully saturated rings. The topological polar surface area (TPSA) is 24.6 Å². The number of aliphatic imine (C=N–C) groups is 1. The second-order valence-corrected chi connectivity index (χ2v) is 6.71. The fraction of sp³-hybridized carbons (Fsp3) is 0.300. The Kier molecular flexibility index (Phi) is 4.61. The van der Waals surface area contributed by atoms with E-state index in [1.54, 1.807) is 6.21 Å². The molecule has 136 valence electrons. The van der Waals surface area contributed by atoms with E-state index >= 15 is 0 Å². The van der Waals surface area contributed by atoms with E-state index in [-0.39, 0.29) is 11.2 Å². The van der Waals surface area contributed by atoms with Gasteiger partial charge in [-0.05, 0) is 38.1 Å². The molecule has 3 rings (SSSR count). The number of ether oxygens (including phenoxy) is 1. The Morgan fingerprint density at radius 3 is 2.35 bits per heavy atom. The van der Waals surface area contributed by atoms with Crippen LogP contribution in [0.1, 0.15) is 25.8 Å². The fourth-order valence-corrected chi connectivity index (χ4v) is 3.38.